The van der Waals surface area contributed by atoms with E-state index in [-0.39, 0.29) is 0 Å². The molecule has 1 aliphatic rings. The van der Waals surface area contributed by atoms with E-state index in [1.807, 2.05) is 18.3 Å². The molecule has 1 saturated heterocycles. The van der Waals surface area contributed by atoms with E-state index in [9.17, 15) is 0 Å². The molecule has 0 unspecified atom stereocenters. The highest BCUT2D eigenvalue weighted by atomic mass is 15.3. The molecule has 21 heavy (non-hydrogen) atoms. The third-order valence-electron chi connectivity index (χ3n) is 3.81. The van der Waals surface area contributed by atoms with Gasteiger partial charge in [0.05, 0.1) is 11.9 Å². The molecule has 0 aromatic carbocycles. The molecule has 6 heteroatoms. The smallest absolute Gasteiger partial charge is 0.132 e. The van der Waals surface area contributed by atoms with Crippen LogP contribution in [0.25, 0.3) is 0 Å². The predicted molar refractivity (Wildman–Crippen MR) is 84.5 cm³/mol. The van der Waals surface area contributed by atoms with E-state index in [4.69, 9.17) is 5.73 Å². The second-order valence-corrected chi connectivity index (χ2v) is 5.14. The number of hydrogen-bond donors (Lipinski definition) is 1. The number of nitrogens with two attached hydrogens (primary N) is 1. The van der Waals surface area contributed by atoms with Gasteiger partial charge in [-0.05, 0) is 18.6 Å². The van der Waals surface area contributed by atoms with E-state index < -0.39 is 0 Å². The summed E-state index contributed by atoms with van der Waals surface area (Å²) < 4.78 is 0. The number of nitrogen functional groups attached to an aromatic ring is 1. The van der Waals surface area contributed by atoms with Crippen LogP contribution < -0.4 is 15.5 Å². The minimum absolute atomic E-state index is 0.561. The zero-order valence-corrected chi connectivity index (χ0v) is 12.2. The molecule has 2 aromatic heterocycles. The highest BCUT2D eigenvalue weighted by Gasteiger charge is 2.18. The highest BCUT2D eigenvalue weighted by Crippen LogP contribution is 2.19. The normalized spacial score (nSPS) is 15.3. The van der Waals surface area contributed by atoms with Crippen LogP contribution in [0.5, 0.6) is 0 Å². The molecule has 1 aliphatic heterocycles. The number of piperazine rings is 1. The number of anilines is 3. The maximum absolute atomic E-state index is 5.63. The summed E-state index contributed by atoms with van der Waals surface area (Å²) in [6.45, 7) is 5.92. The maximum Gasteiger partial charge on any atom is 0.132 e. The third kappa shape index (κ3) is 3.04. The van der Waals surface area contributed by atoms with Crippen LogP contribution in [0.1, 0.15) is 12.6 Å². The maximum atomic E-state index is 5.63. The lowest BCUT2D eigenvalue weighted by molar-refractivity contribution is 0.645. The molecule has 0 bridgehead atoms. The van der Waals surface area contributed by atoms with Gasteiger partial charge in [0.25, 0.3) is 0 Å². The molecule has 6 nitrogen and oxygen atoms in total. The number of aromatic nitrogens is 3. The van der Waals surface area contributed by atoms with Crippen LogP contribution in [0.4, 0.5) is 17.3 Å². The van der Waals surface area contributed by atoms with Crippen LogP contribution in [0.15, 0.2) is 30.7 Å². The Kier molecular flexibility index (Phi) is 3.85. The van der Waals surface area contributed by atoms with Gasteiger partial charge >= 0.3 is 0 Å². The molecule has 1 fully saturated rings. The molecule has 0 saturated carbocycles. The van der Waals surface area contributed by atoms with Crippen molar-refractivity contribution >= 4 is 17.3 Å². The first kappa shape index (κ1) is 13.6. The summed E-state index contributed by atoms with van der Waals surface area (Å²) in [5.41, 5.74) is 7.84. The molecule has 110 valence electrons. The van der Waals surface area contributed by atoms with Crippen molar-refractivity contribution in [3.8, 4) is 0 Å². The minimum Gasteiger partial charge on any atom is -0.384 e. The average Bonchev–Trinajstić information content (AvgIpc) is 2.56. The lowest BCUT2D eigenvalue weighted by Crippen LogP contribution is -2.46. The van der Waals surface area contributed by atoms with Gasteiger partial charge in [0, 0.05) is 37.9 Å². The Hall–Kier alpha value is -2.37. The average molecular weight is 284 g/mol. The zero-order valence-electron chi connectivity index (χ0n) is 12.2. The van der Waals surface area contributed by atoms with Crippen molar-refractivity contribution in [2.24, 2.45) is 0 Å². The van der Waals surface area contributed by atoms with Crippen LogP contribution in [-0.2, 0) is 6.42 Å². The highest BCUT2D eigenvalue weighted by molar-refractivity contribution is 5.50. The van der Waals surface area contributed by atoms with Crippen LogP contribution in [-0.4, -0.2) is 41.1 Å². The van der Waals surface area contributed by atoms with E-state index in [1.54, 1.807) is 6.33 Å². The van der Waals surface area contributed by atoms with Crippen molar-refractivity contribution < 1.29 is 0 Å². The molecule has 0 atom stereocenters. The molecule has 3 heterocycles. The van der Waals surface area contributed by atoms with Crippen molar-refractivity contribution in [3.63, 3.8) is 0 Å². The first-order valence-electron chi connectivity index (χ1n) is 7.28. The molecule has 0 radical (unpaired) electrons. The van der Waals surface area contributed by atoms with E-state index in [2.05, 4.69) is 37.7 Å². The van der Waals surface area contributed by atoms with Gasteiger partial charge in [0.15, 0.2) is 0 Å². The Morgan fingerprint density at radius 3 is 2.48 bits per heavy atom. The zero-order chi connectivity index (χ0) is 14.7. The summed E-state index contributed by atoms with van der Waals surface area (Å²) in [7, 11) is 0. The summed E-state index contributed by atoms with van der Waals surface area (Å²) in [5.74, 6) is 1.59. The predicted octanol–water partition coefficient (Wildman–Crippen LogP) is 1.34. The summed E-state index contributed by atoms with van der Waals surface area (Å²) >= 11 is 0. The van der Waals surface area contributed by atoms with E-state index >= 15 is 0 Å². The summed E-state index contributed by atoms with van der Waals surface area (Å²) in [5, 5.41) is 0. The Morgan fingerprint density at radius 1 is 1.05 bits per heavy atom. The largest absolute Gasteiger partial charge is 0.384 e. The fourth-order valence-electron chi connectivity index (χ4n) is 2.53. The minimum atomic E-state index is 0.561. The molecule has 3 rings (SSSR count). The van der Waals surface area contributed by atoms with Gasteiger partial charge in [0.1, 0.15) is 18.0 Å². The quantitative estimate of drug-likeness (QED) is 0.917. The molecule has 2 aromatic rings. The summed E-state index contributed by atoms with van der Waals surface area (Å²) in [4.78, 5) is 17.4. The van der Waals surface area contributed by atoms with E-state index in [0.29, 0.717) is 5.82 Å². The Balaban J connectivity index is 1.65. The van der Waals surface area contributed by atoms with Gasteiger partial charge in [0.2, 0.25) is 0 Å². The number of aryl methyl sites for hydroxylation is 1. The summed E-state index contributed by atoms with van der Waals surface area (Å²) in [6, 6.07) is 5.96. The SMILES string of the molecule is CCc1cc(N2CCN(c3ccc(N)nc3)CC2)ncn1. The van der Waals surface area contributed by atoms with Crippen molar-refractivity contribution in [3.05, 3.63) is 36.4 Å². The molecule has 2 N–H and O–H groups in total. The van der Waals surface area contributed by atoms with E-state index in [1.165, 1.54) is 0 Å². The van der Waals surface area contributed by atoms with Gasteiger partial charge in [-0.25, -0.2) is 15.0 Å². The first-order chi connectivity index (χ1) is 10.3. The molecular formula is C15H20N6. The van der Waals surface area contributed by atoms with Crippen LogP contribution in [0.2, 0.25) is 0 Å². The third-order valence-corrected chi connectivity index (χ3v) is 3.81. The Bertz CT molecular complexity index is 589. The lowest BCUT2D eigenvalue weighted by atomic mass is 10.2. The van der Waals surface area contributed by atoms with Gasteiger partial charge in [-0.1, -0.05) is 6.92 Å². The molecule has 0 spiro atoms. The van der Waals surface area contributed by atoms with Crippen LogP contribution in [0.3, 0.4) is 0 Å². The second kappa shape index (κ2) is 5.95. The van der Waals surface area contributed by atoms with Crippen molar-refractivity contribution in [2.75, 3.05) is 41.7 Å². The number of nitrogens with zero attached hydrogens (tertiary/aromatic N) is 5. The van der Waals surface area contributed by atoms with Crippen molar-refractivity contribution in [2.45, 2.75) is 13.3 Å². The second-order valence-electron chi connectivity index (χ2n) is 5.14. The standard InChI is InChI=1S/C15H20N6/c1-2-12-9-15(19-11-18-12)21-7-5-20(6-8-21)13-3-4-14(16)17-10-13/h3-4,9-11H,2,5-8H2,1H3,(H2,16,17). The van der Waals surface area contributed by atoms with Gasteiger partial charge in [-0.2, -0.15) is 0 Å². The molecule has 0 aliphatic carbocycles. The molecule has 0 amide bonds. The van der Waals surface area contributed by atoms with Crippen molar-refractivity contribution in [1.29, 1.82) is 0 Å². The van der Waals surface area contributed by atoms with Crippen LogP contribution in [0, 0.1) is 0 Å². The fraction of sp³-hybridized carbons (Fsp3) is 0.400. The van der Waals surface area contributed by atoms with Gasteiger partial charge in [-0.3, -0.25) is 0 Å². The summed E-state index contributed by atoms with van der Waals surface area (Å²) in [6.07, 6.45) is 4.43. The molecular weight excluding hydrogens is 264 g/mol. The number of hydrogen-bond acceptors (Lipinski definition) is 6. The topological polar surface area (TPSA) is 71.2 Å². The first-order valence-corrected chi connectivity index (χ1v) is 7.28. The lowest BCUT2D eigenvalue weighted by Gasteiger charge is -2.36. The van der Waals surface area contributed by atoms with Gasteiger partial charge < -0.3 is 15.5 Å². The Morgan fingerprint density at radius 2 is 1.81 bits per heavy atom. The van der Waals surface area contributed by atoms with Gasteiger partial charge in [-0.15, -0.1) is 0 Å². The van der Waals surface area contributed by atoms with Crippen LogP contribution >= 0.6 is 0 Å². The fourth-order valence-corrected chi connectivity index (χ4v) is 2.53. The van der Waals surface area contributed by atoms with Crippen molar-refractivity contribution in [1.82, 2.24) is 15.0 Å². The monoisotopic (exact) mass is 284 g/mol. The number of rotatable bonds is 3. The van der Waals surface area contributed by atoms with E-state index in [0.717, 1.165) is 49.8 Å². The Labute approximate surface area is 124 Å². The number of pyridine rings is 1.